The molecule has 0 bridgehead atoms. The lowest BCUT2D eigenvalue weighted by Gasteiger charge is -2.62. The first-order valence-electron chi connectivity index (χ1n) is 14.9. The summed E-state index contributed by atoms with van der Waals surface area (Å²) < 4.78 is 0. The third-order valence-electron chi connectivity index (χ3n) is 11.5. The molecule has 4 saturated carbocycles. The second-order valence-corrected chi connectivity index (χ2v) is 13.4. The van der Waals surface area contributed by atoms with Crippen molar-refractivity contribution in [3.8, 4) is 0 Å². The van der Waals surface area contributed by atoms with Crippen LogP contribution in [0.3, 0.4) is 0 Å². The van der Waals surface area contributed by atoms with E-state index in [0.717, 1.165) is 48.3 Å². The zero-order chi connectivity index (χ0) is 23.6. The number of rotatable bonds is 7. The van der Waals surface area contributed by atoms with Crippen LogP contribution in [0.1, 0.15) is 145 Å². The second kappa shape index (κ2) is 10.7. The molecular formula is C31H58O. The van der Waals surface area contributed by atoms with Crippen LogP contribution >= 0.6 is 0 Å². The van der Waals surface area contributed by atoms with Gasteiger partial charge in [0, 0.05) is 0 Å². The largest absolute Gasteiger partial charge is 0.390 e. The lowest BCUT2D eigenvalue weighted by Crippen LogP contribution is -2.55. The summed E-state index contributed by atoms with van der Waals surface area (Å²) in [5.41, 5.74) is 0.753. The molecular weight excluding hydrogens is 388 g/mol. The van der Waals surface area contributed by atoms with Crippen molar-refractivity contribution in [2.75, 3.05) is 0 Å². The number of hydrogen-bond donors (Lipinski definition) is 1. The van der Waals surface area contributed by atoms with E-state index in [-0.39, 0.29) is 0 Å². The van der Waals surface area contributed by atoms with Crippen LogP contribution in [0.5, 0.6) is 0 Å². The van der Waals surface area contributed by atoms with Crippen LogP contribution in [0.25, 0.3) is 0 Å². The lowest BCUT2D eigenvalue weighted by atomic mass is 9.44. The zero-order valence-corrected chi connectivity index (χ0v) is 23.0. The van der Waals surface area contributed by atoms with E-state index < -0.39 is 5.60 Å². The minimum atomic E-state index is -0.396. The first-order chi connectivity index (χ1) is 15.2. The molecule has 1 N–H and O–H groups in total. The fourth-order valence-electron chi connectivity index (χ4n) is 9.42. The van der Waals surface area contributed by atoms with Gasteiger partial charge in [0.05, 0.1) is 5.60 Å². The van der Waals surface area contributed by atoms with Gasteiger partial charge >= 0.3 is 0 Å². The highest BCUT2D eigenvalue weighted by atomic mass is 16.3. The fraction of sp³-hybridized carbons (Fsp3) is 1.00. The number of aliphatic hydroxyl groups is 1. The van der Waals surface area contributed by atoms with E-state index >= 15 is 0 Å². The van der Waals surface area contributed by atoms with Gasteiger partial charge in [0.2, 0.25) is 0 Å². The Hall–Kier alpha value is -0.0400. The van der Waals surface area contributed by atoms with Gasteiger partial charge in [0.15, 0.2) is 0 Å². The van der Waals surface area contributed by atoms with Crippen molar-refractivity contribution in [1.29, 1.82) is 0 Å². The van der Waals surface area contributed by atoms with Gasteiger partial charge in [0.25, 0.3) is 0 Å². The summed E-state index contributed by atoms with van der Waals surface area (Å²) in [7, 11) is 0. The normalized spacial score (nSPS) is 46.3. The molecule has 1 nitrogen and oxygen atoms in total. The van der Waals surface area contributed by atoms with E-state index in [1.165, 1.54) is 83.5 Å². The van der Waals surface area contributed by atoms with Gasteiger partial charge in [-0.2, -0.15) is 0 Å². The standard InChI is InChI=1S/C29H52O.C2H6/c1-6-7-9-21(2)10-8-11-22-13-15-25-24-14-12-23-20-27(3,30)18-19-29(23,5)26(24)16-17-28(22,25)4;1-2/h21-26,30H,6-20H2,1-5H3;1-2H3/t21?,22-,23?,24?,25?,26?,27-,28+,29?;/m0./s1. The first kappa shape index (κ1) is 26.6. The number of fused-ring (bicyclic) bond motifs is 5. The third-order valence-corrected chi connectivity index (χ3v) is 11.5. The van der Waals surface area contributed by atoms with E-state index in [4.69, 9.17) is 0 Å². The molecule has 32 heavy (non-hydrogen) atoms. The highest BCUT2D eigenvalue weighted by Crippen LogP contribution is 2.68. The van der Waals surface area contributed by atoms with Crippen molar-refractivity contribution in [2.24, 2.45) is 46.3 Å². The van der Waals surface area contributed by atoms with Crippen LogP contribution < -0.4 is 0 Å². The summed E-state index contributed by atoms with van der Waals surface area (Å²) in [5.74, 6) is 5.64. The lowest BCUT2D eigenvalue weighted by molar-refractivity contribution is -0.146. The average molecular weight is 447 g/mol. The molecule has 188 valence electrons. The number of unbranched alkanes of at least 4 members (excludes halogenated alkanes) is 1. The summed E-state index contributed by atoms with van der Waals surface area (Å²) in [4.78, 5) is 0. The van der Waals surface area contributed by atoms with Crippen molar-refractivity contribution < 1.29 is 5.11 Å². The molecule has 0 radical (unpaired) electrons. The Bertz CT molecular complexity index is 581. The molecule has 0 aromatic heterocycles. The first-order valence-corrected chi connectivity index (χ1v) is 14.9. The minimum absolute atomic E-state index is 0.396. The fourth-order valence-corrected chi connectivity index (χ4v) is 9.42. The van der Waals surface area contributed by atoms with E-state index in [9.17, 15) is 5.11 Å². The zero-order valence-electron chi connectivity index (χ0n) is 23.0. The Morgan fingerprint density at radius 1 is 0.812 bits per heavy atom. The van der Waals surface area contributed by atoms with Crippen molar-refractivity contribution in [1.82, 2.24) is 0 Å². The topological polar surface area (TPSA) is 20.2 Å². The van der Waals surface area contributed by atoms with Crippen molar-refractivity contribution >= 4 is 0 Å². The van der Waals surface area contributed by atoms with E-state index in [0.29, 0.717) is 10.8 Å². The second-order valence-electron chi connectivity index (χ2n) is 13.4. The maximum atomic E-state index is 10.7. The van der Waals surface area contributed by atoms with E-state index in [2.05, 4.69) is 34.6 Å². The van der Waals surface area contributed by atoms with Crippen molar-refractivity contribution in [3.63, 3.8) is 0 Å². The summed E-state index contributed by atoms with van der Waals surface area (Å²) in [5, 5.41) is 10.7. The molecule has 6 unspecified atom stereocenters. The molecule has 0 aliphatic heterocycles. The molecule has 0 amide bonds. The highest BCUT2D eigenvalue weighted by molar-refractivity contribution is 5.10. The van der Waals surface area contributed by atoms with Crippen LogP contribution in [-0.2, 0) is 0 Å². The monoisotopic (exact) mass is 446 g/mol. The Balaban J connectivity index is 0.00000141. The molecule has 0 aromatic carbocycles. The Kier molecular flexibility index (Phi) is 8.88. The van der Waals surface area contributed by atoms with Gasteiger partial charge in [-0.3, -0.25) is 0 Å². The molecule has 9 atom stereocenters. The van der Waals surface area contributed by atoms with Gasteiger partial charge in [-0.25, -0.2) is 0 Å². The Morgan fingerprint density at radius 2 is 1.50 bits per heavy atom. The summed E-state index contributed by atoms with van der Waals surface area (Å²) in [6, 6.07) is 0. The van der Waals surface area contributed by atoms with Crippen molar-refractivity contribution in [2.45, 2.75) is 150 Å². The van der Waals surface area contributed by atoms with Crippen LogP contribution in [0.4, 0.5) is 0 Å². The van der Waals surface area contributed by atoms with Crippen LogP contribution in [0.2, 0.25) is 0 Å². The van der Waals surface area contributed by atoms with Gasteiger partial charge in [0.1, 0.15) is 0 Å². The highest BCUT2D eigenvalue weighted by Gasteiger charge is 2.60. The predicted octanol–water partition coefficient (Wildman–Crippen LogP) is 9.42. The molecule has 4 aliphatic carbocycles. The molecule has 1 heteroatoms. The van der Waals surface area contributed by atoms with Crippen LogP contribution in [-0.4, -0.2) is 10.7 Å². The quantitative estimate of drug-likeness (QED) is 0.413. The third kappa shape index (κ3) is 5.13. The van der Waals surface area contributed by atoms with Gasteiger partial charge in [-0.15, -0.1) is 0 Å². The van der Waals surface area contributed by atoms with Crippen LogP contribution in [0.15, 0.2) is 0 Å². The van der Waals surface area contributed by atoms with Crippen molar-refractivity contribution in [3.05, 3.63) is 0 Å². The van der Waals surface area contributed by atoms with Gasteiger partial charge in [-0.05, 0) is 117 Å². The molecule has 4 rings (SSSR count). The minimum Gasteiger partial charge on any atom is -0.390 e. The maximum Gasteiger partial charge on any atom is 0.0622 e. The summed E-state index contributed by atoms with van der Waals surface area (Å²) in [6.45, 7) is 16.3. The Morgan fingerprint density at radius 3 is 2.22 bits per heavy atom. The smallest absolute Gasteiger partial charge is 0.0622 e. The molecule has 0 heterocycles. The number of hydrogen-bond acceptors (Lipinski definition) is 1. The molecule has 4 aliphatic rings. The summed E-state index contributed by atoms with van der Waals surface area (Å²) >= 11 is 0. The Labute approximate surface area is 201 Å². The van der Waals surface area contributed by atoms with Crippen LogP contribution in [0, 0.1) is 46.3 Å². The SMILES string of the molecule is CC.CCCCC(C)CCC[C@H]1CCC2C3CCC4C[C@@](C)(O)CCC4(C)C3CC[C@@]21C. The average Bonchev–Trinajstić information content (AvgIpc) is 3.10. The molecule has 0 spiro atoms. The molecule has 0 saturated heterocycles. The maximum absolute atomic E-state index is 10.7. The molecule has 4 fully saturated rings. The summed E-state index contributed by atoms with van der Waals surface area (Å²) in [6.07, 6.45) is 20.9. The van der Waals surface area contributed by atoms with E-state index in [1.54, 1.807) is 0 Å². The van der Waals surface area contributed by atoms with Gasteiger partial charge in [-0.1, -0.05) is 73.6 Å². The predicted molar refractivity (Wildman–Crippen MR) is 140 cm³/mol. The van der Waals surface area contributed by atoms with Gasteiger partial charge < -0.3 is 5.11 Å². The van der Waals surface area contributed by atoms with E-state index in [1.807, 2.05) is 13.8 Å². The molecule has 0 aromatic rings.